The van der Waals surface area contributed by atoms with Gasteiger partial charge in [-0.15, -0.1) is 10.2 Å². The van der Waals surface area contributed by atoms with E-state index in [1.807, 2.05) is 18.5 Å². The molecule has 2 heterocycles. The molecule has 0 N–H and O–H groups in total. The summed E-state index contributed by atoms with van der Waals surface area (Å²) in [6.45, 7) is 3.07. The lowest BCUT2D eigenvalue weighted by Gasteiger charge is -2.02. The molecule has 6 nitrogen and oxygen atoms in total. The summed E-state index contributed by atoms with van der Waals surface area (Å²) in [5.41, 5.74) is 0.757. The number of rotatable bonds is 4. The highest BCUT2D eigenvalue weighted by Crippen LogP contribution is 2.13. The molecule has 0 aliphatic carbocycles. The van der Waals surface area contributed by atoms with Crippen LogP contribution in [0.4, 0.5) is 0 Å². The Morgan fingerprint density at radius 3 is 2.94 bits per heavy atom. The van der Waals surface area contributed by atoms with E-state index in [9.17, 15) is 0 Å². The first-order chi connectivity index (χ1) is 7.83. The molecule has 2 rings (SSSR count). The molecule has 2 aromatic rings. The molecular weight excluding hydrogens is 206 g/mol. The number of nitrogens with zero attached hydrogens (tertiary/aromatic N) is 5. The third-order valence-corrected chi connectivity index (χ3v) is 2.21. The van der Waals surface area contributed by atoms with Crippen molar-refractivity contribution in [3.63, 3.8) is 0 Å². The summed E-state index contributed by atoms with van der Waals surface area (Å²) in [7, 11) is 1.89. The van der Waals surface area contributed by atoms with Gasteiger partial charge in [0.05, 0.1) is 0 Å². The van der Waals surface area contributed by atoms with Gasteiger partial charge in [-0.05, 0) is 13.0 Å². The van der Waals surface area contributed by atoms with Crippen LogP contribution in [0.5, 0.6) is 0 Å². The third kappa shape index (κ3) is 2.06. The minimum Gasteiger partial charge on any atom is -0.374 e. The second kappa shape index (κ2) is 4.80. The Morgan fingerprint density at radius 2 is 2.25 bits per heavy atom. The van der Waals surface area contributed by atoms with Gasteiger partial charge in [-0.3, -0.25) is 0 Å². The summed E-state index contributed by atoms with van der Waals surface area (Å²) in [6, 6.07) is 1.80. The molecule has 6 heteroatoms. The van der Waals surface area contributed by atoms with E-state index in [1.165, 1.54) is 6.33 Å². The maximum atomic E-state index is 5.29. The molecule has 0 radical (unpaired) electrons. The summed E-state index contributed by atoms with van der Waals surface area (Å²) in [6.07, 6.45) is 3.17. The fourth-order valence-corrected chi connectivity index (χ4v) is 1.33. The highest BCUT2D eigenvalue weighted by Gasteiger charge is 2.10. The van der Waals surface area contributed by atoms with Crippen molar-refractivity contribution in [1.29, 1.82) is 0 Å². The Labute approximate surface area is 93.3 Å². The van der Waals surface area contributed by atoms with E-state index in [4.69, 9.17) is 4.74 Å². The van der Waals surface area contributed by atoms with Crippen LogP contribution in [0, 0.1) is 0 Å². The minimum atomic E-state index is 0.463. The van der Waals surface area contributed by atoms with Gasteiger partial charge in [0.2, 0.25) is 0 Å². The zero-order chi connectivity index (χ0) is 11.4. The van der Waals surface area contributed by atoms with Gasteiger partial charge >= 0.3 is 0 Å². The van der Waals surface area contributed by atoms with Crippen molar-refractivity contribution in [3.8, 4) is 11.5 Å². The molecule has 2 aromatic heterocycles. The SMILES string of the molecule is CCOCc1nnc(-c2ccncn2)n1C. The van der Waals surface area contributed by atoms with Crippen molar-refractivity contribution < 1.29 is 4.74 Å². The van der Waals surface area contributed by atoms with Crippen LogP contribution in [-0.4, -0.2) is 31.3 Å². The number of hydrogen-bond acceptors (Lipinski definition) is 5. The van der Waals surface area contributed by atoms with Gasteiger partial charge in [-0.2, -0.15) is 0 Å². The van der Waals surface area contributed by atoms with Crippen molar-refractivity contribution in [1.82, 2.24) is 24.7 Å². The van der Waals surface area contributed by atoms with E-state index >= 15 is 0 Å². The molecule has 0 spiro atoms. The zero-order valence-corrected chi connectivity index (χ0v) is 9.29. The Bertz CT molecular complexity index is 453. The van der Waals surface area contributed by atoms with Crippen LogP contribution in [-0.2, 0) is 18.4 Å². The lowest BCUT2D eigenvalue weighted by atomic mass is 10.4. The second-order valence-electron chi connectivity index (χ2n) is 3.23. The zero-order valence-electron chi connectivity index (χ0n) is 9.29. The van der Waals surface area contributed by atoms with Gasteiger partial charge in [-0.1, -0.05) is 0 Å². The first-order valence-electron chi connectivity index (χ1n) is 5.05. The predicted molar refractivity (Wildman–Crippen MR) is 57.4 cm³/mol. The van der Waals surface area contributed by atoms with Crippen molar-refractivity contribution in [2.75, 3.05) is 6.61 Å². The van der Waals surface area contributed by atoms with Crippen LogP contribution in [0.15, 0.2) is 18.6 Å². The average Bonchev–Trinajstić information content (AvgIpc) is 2.69. The molecule has 0 unspecified atom stereocenters. The van der Waals surface area contributed by atoms with Crippen molar-refractivity contribution in [2.24, 2.45) is 7.05 Å². The fourth-order valence-electron chi connectivity index (χ4n) is 1.33. The summed E-state index contributed by atoms with van der Waals surface area (Å²) < 4.78 is 7.17. The largest absolute Gasteiger partial charge is 0.374 e. The van der Waals surface area contributed by atoms with E-state index in [0.717, 1.165) is 17.3 Å². The van der Waals surface area contributed by atoms with Gasteiger partial charge < -0.3 is 9.30 Å². The Hall–Kier alpha value is -1.82. The normalized spacial score (nSPS) is 10.6. The molecule has 0 saturated carbocycles. The van der Waals surface area contributed by atoms with E-state index < -0.39 is 0 Å². The fraction of sp³-hybridized carbons (Fsp3) is 0.400. The van der Waals surface area contributed by atoms with Crippen LogP contribution in [0.3, 0.4) is 0 Å². The first kappa shape index (κ1) is 10.7. The molecule has 0 aromatic carbocycles. The summed E-state index contributed by atoms with van der Waals surface area (Å²) in [5.74, 6) is 1.51. The van der Waals surface area contributed by atoms with Gasteiger partial charge in [0, 0.05) is 19.9 Å². The van der Waals surface area contributed by atoms with Crippen LogP contribution in [0.2, 0.25) is 0 Å². The van der Waals surface area contributed by atoms with E-state index in [2.05, 4.69) is 20.2 Å². The molecule has 0 saturated heterocycles. The van der Waals surface area contributed by atoms with E-state index in [1.54, 1.807) is 12.3 Å². The molecule has 0 bridgehead atoms. The second-order valence-corrected chi connectivity index (χ2v) is 3.23. The molecule has 16 heavy (non-hydrogen) atoms. The monoisotopic (exact) mass is 219 g/mol. The van der Waals surface area contributed by atoms with Gasteiger partial charge in [-0.25, -0.2) is 9.97 Å². The van der Waals surface area contributed by atoms with Crippen LogP contribution in [0.25, 0.3) is 11.5 Å². The Morgan fingerprint density at radius 1 is 1.38 bits per heavy atom. The highest BCUT2D eigenvalue weighted by atomic mass is 16.5. The molecule has 0 fully saturated rings. The van der Waals surface area contributed by atoms with Crippen LogP contribution >= 0.6 is 0 Å². The standard InChI is InChI=1S/C10H13N5O/c1-3-16-6-9-13-14-10(15(9)2)8-4-5-11-7-12-8/h4-5,7H,3,6H2,1-2H3. The lowest BCUT2D eigenvalue weighted by Crippen LogP contribution is -2.02. The predicted octanol–water partition coefficient (Wildman–Crippen LogP) is 0.809. The maximum Gasteiger partial charge on any atom is 0.182 e. The van der Waals surface area contributed by atoms with Gasteiger partial charge in [0.25, 0.3) is 0 Å². The van der Waals surface area contributed by atoms with Crippen LogP contribution < -0.4 is 0 Å². The molecule has 0 atom stereocenters. The van der Waals surface area contributed by atoms with Crippen LogP contribution in [0.1, 0.15) is 12.7 Å². The number of ether oxygens (including phenoxy) is 1. The summed E-state index contributed by atoms with van der Waals surface area (Å²) in [5, 5.41) is 8.14. The molecule has 84 valence electrons. The number of hydrogen-bond donors (Lipinski definition) is 0. The lowest BCUT2D eigenvalue weighted by molar-refractivity contribution is 0.126. The Balaban J connectivity index is 2.27. The molecule has 0 aliphatic heterocycles. The van der Waals surface area contributed by atoms with Crippen molar-refractivity contribution >= 4 is 0 Å². The number of aromatic nitrogens is 5. The average molecular weight is 219 g/mol. The molecular formula is C10H13N5O. The molecule has 0 aliphatic rings. The van der Waals surface area contributed by atoms with Gasteiger partial charge in [0.15, 0.2) is 11.6 Å². The summed E-state index contributed by atoms with van der Waals surface area (Å²) >= 11 is 0. The highest BCUT2D eigenvalue weighted by molar-refractivity contribution is 5.47. The summed E-state index contributed by atoms with van der Waals surface area (Å²) in [4.78, 5) is 7.99. The topological polar surface area (TPSA) is 65.7 Å². The van der Waals surface area contributed by atoms with Crippen molar-refractivity contribution in [2.45, 2.75) is 13.5 Å². The first-order valence-corrected chi connectivity index (χ1v) is 5.05. The maximum absolute atomic E-state index is 5.29. The van der Waals surface area contributed by atoms with E-state index in [-0.39, 0.29) is 0 Å². The van der Waals surface area contributed by atoms with Crippen molar-refractivity contribution in [3.05, 3.63) is 24.4 Å². The van der Waals surface area contributed by atoms with E-state index in [0.29, 0.717) is 13.2 Å². The Kier molecular flexibility index (Phi) is 3.21. The smallest absolute Gasteiger partial charge is 0.182 e. The van der Waals surface area contributed by atoms with Gasteiger partial charge in [0.1, 0.15) is 18.6 Å². The third-order valence-electron chi connectivity index (χ3n) is 2.21. The quantitative estimate of drug-likeness (QED) is 0.761. The minimum absolute atomic E-state index is 0.463. The molecule has 0 amide bonds.